The minimum absolute atomic E-state index is 0.0927. The average Bonchev–Trinajstić information content (AvgIpc) is 2.70. The molecule has 3 rings (SSSR count). The molecule has 0 spiro atoms. The molecule has 1 aliphatic carbocycles. The largest absolute Gasteiger partial charge is 0.480 e. The SMILES string of the molecule is CN(c1ccc(-c2ccc(Cl)cc2)cc1)C1CC([C@@](N)(CCCCB(O)O)C(=O)O)C1. The summed E-state index contributed by atoms with van der Waals surface area (Å²) < 4.78 is 0. The van der Waals surface area contributed by atoms with Crippen molar-refractivity contribution in [2.45, 2.75) is 50.0 Å². The number of nitrogens with zero attached hydrogens (tertiary/aromatic N) is 1. The van der Waals surface area contributed by atoms with Gasteiger partial charge in [-0.05, 0) is 66.9 Å². The Kier molecular flexibility index (Phi) is 7.65. The molecule has 1 fully saturated rings. The Bertz CT molecular complexity index is 872. The Morgan fingerprint density at radius 1 is 1.10 bits per heavy atom. The number of halogens is 1. The molecule has 0 aliphatic heterocycles. The van der Waals surface area contributed by atoms with E-state index in [0.29, 0.717) is 24.3 Å². The lowest BCUT2D eigenvalue weighted by Crippen LogP contribution is -2.61. The third-order valence-corrected chi connectivity index (χ3v) is 6.79. The first-order valence-corrected chi connectivity index (χ1v) is 11.1. The van der Waals surface area contributed by atoms with E-state index >= 15 is 0 Å². The van der Waals surface area contributed by atoms with E-state index in [9.17, 15) is 9.90 Å². The molecule has 1 aliphatic rings. The number of benzene rings is 2. The maximum Gasteiger partial charge on any atom is 0.451 e. The van der Waals surface area contributed by atoms with Crippen LogP contribution in [-0.2, 0) is 4.79 Å². The molecular formula is C23H30BClN2O4. The van der Waals surface area contributed by atoms with Gasteiger partial charge in [0, 0.05) is 23.8 Å². The Morgan fingerprint density at radius 2 is 1.65 bits per heavy atom. The molecule has 0 heterocycles. The van der Waals surface area contributed by atoms with Gasteiger partial charge in [-0.1, -0.05) is 48.7 Å². The number of hydrogen-bond donors (Lipinski definition) is 4. The van der Waals surface area contributed by atoms with Crippen molar-refractivity contribution in [2.75, 3.05) is 11.9 Å². The van der Waals surface area contributed by atoms with Crippen LogP contribution >= 0.6 is 11.6 Å². The fraction of sp³-hybridized carbons (Fsp3) is 0.435. The summed E-state index contributed by atoms with van der Waals surface area (Å²) in [5.41, 5.74) is 8.33. The van der Waals surface area contributed by atoms with Gasteiger partial charge in [-0.2, -0.15) is 0 Å². The van der Waals surface area contributed by atoms with Crippen molar-refractivity contribution >= 4 is 30.4 Å². The van der Waals surface area contributed by atoms with Crippen LogP contribution in [0.2, 0.25) is 11.3 Å². The predicted molar refractivity (Wildman–Crippen MR) is 125 cm³/mol. The molecular weight excluding hydrogens is 415 g/mol. The maximum atomic E-state index is 11.9. The Morgan fingerprint density at radius 3 is 2.16 bits per heavy atom. The number of aliphatic carboxylic acids is 1. The number of hydrogen-bond acceptors (Lipinski definition) is 5. The molecule has 2 aromatic carbocycles. The summed E-state index contributed by atoms with van der Waals surface area (Å²) in [5.74, 6) is -1.07. The summed E-state index contributed by atoms with van der Waals surface area (Å²) in [6.45, 7) is 0. The molecule has 6 nitrogen and oxygen atoms in total. The number of nitrogens with two attached hydrogens (primary N) is 1. The molecule has 2 aromatic rings. The Hall–Kier alpha value is -2.06. The van der Waals surface area contributed by atoms with Gasteiger partial charge in [0.05, 0.1) is 0 Å². The van der Waals surface area contributed by atoms with E-state index in [1.165, 1.54) is 0 Å². The molecule has 0 radical (unpaired) electrons. The van der Waals surface area contributed by atoms with Crippen molar-refractivity contribution in [3.8, 4) is 11.1 Å². The third kappa shape index (κ3) is 5.60. The van der Waals surface area contributed by atoms with Crippen LogP contribution in [0, 0.1) is 5.92 Å². The third-order valence-electron chi connectivity index (χ3n) is 6.54. The fourth-order valence-corrected chi connectivity index (χ4v) is 4.42. The molecule has 1 atom stereocenters. The number of carboxylic acid groups (broad SMARTS) is 1. The van der Waals surface area contributed by atoms with Crippen LogP contribution in [0.15, 0.2) is 48.5 Å². The lowest BCUT2D eigenvalue weighted by Gasteiger charge is -2.48. The number of carboxylic acids is 1. The summed E-state index contributed by atoms with van der Waals surface area (Å²) in [5, 5.41) is 28.3. The van der Waals surface area contributed by atoms with Gasteiger partial charge in [0.1, 0.15) is 5.54 Å². The average molecular weight is 445 g/mol. The first-order chi connectivity index (χ1) is 14.7. The van der Waals surface area contributed by atoms with Crippen LogP contribution in [0.1, 0.15) is 32.1 Å². The maximum absolute atomic E-state index is 11.9. The van der Waals surface area contributed by atoms with Gasteiger partial charge in [-0.15, -0.1) is 0 Å². The van der Waals surface area contributed by atoms with Crippen molar-refractivity contribution in [1.29, 1.82) is 0 Å². The van der Waals surface area contributed by atoms with Crippen molar-refractivity contribution in [3.05, 3.63) is 53.6 Å². The highest BCUT2D eigenvalue weighted by molar-refractivity contribution is 6.40. The van der Waals surface area contributed by atoms with Gasteiger partial charge in [0.2, 0.25) is 0 Å². The highest BCUT2D eigenvalue weighted by atomic mass is 35.5. The molecule has 1 saturated carbocycles. The van der Waals surface area contributed by atoms with E-state index in [1.807, 2.05) is 31.3 Å². The van der Waals surface area contributed by atoms with Crippen molar-refractivity contribution in [2.24, 2.45) is 11.7 Å². The molecule has 166 valence electrons. The Labute approximate surface area is 188 Å². The second kappa shape index (κ2) is 10.0. The standard InChI is InChI=1S/C23H30BClN2O4/c1-27(20-10-6-17(7-11-20)16-4-8-19(25)9-5-16)21-14-18(15-21)23(26,22(28)29)12-2-3-13-24(30)31/h4-11,18,21,30-31H,2-3,12-15,26H2,1H3,(H,28,29)/t18?,21?,23-/m0/s1. The van der Waals surface area contributed by atoms with E-state index in [-0.39, 0.29) is 18.3 Å². The van der Waals surface area contributed by atoms with Crippen LogP contribution in [0.4, 0.5) is 5.69 Å². The van der Waals surface area contributed by atoms with E-state index in [1.54, 1.807) is 0 Å². The zero-order chi connectivity index (χ0) is 22.6. The van der Waals surface area contributed by atoms with Gasteiger partial charge in [0.15, 0.2) is 0 Å². The molecule has 0 amide bonds. The van der Waals surface area contributed by atoms with Crippen LogP contribution in [0.5, 0.6) is 0 Å². The Balaban J connectivity index is 1.57. The number of rotatable bonds is 10. The quantitative estimate of drug-likeness (QED) is 0.329. The van der Waals surface area contributed by atoms with Gasteiger partial charge < -0.3 is 25.8 Å². The van der Waals surface area contributed by atoms with Gasteiger partial charge in [-0.3, -0.25) is 4.79 Å². The highest BCUT2D eigenvalue weighted by Crippen LogP contribution is 2.42. The predicted octanol–water partition coefficient (Wildman–Crippen LogP) is 3.65. The van der Waals surface area contributed by atoms with Gasteiger partial charge >= 0.3 is 13.1 Å². The second-order valence-corrected chi connectivity index (χ2v) is 9.00. The number of carbonyl (C=O) groups is 1. The molecule has 31 heavy (non-hydrogen) atoms. The summed E-state index contributed by atoms with van der Waals surface area (Å²) in [4.78, 5) is 14.1. The highest BCUT2D eigenvalue weighted by Gasteiger charge is 2.49. The minimum atomic E-state index is -1.36. The zero-order valence-electron chi connectivity index (χ0n) is 17.7. The summed E-state index contributed by atoms with van der Waals surface area (Å²) in [7, 11) is 0.671. The fourth-order valence-electron chi connectivity index (χ4n) is 4.30. The second-order valence-electron chi connectivity index (χ2n) is 8.56. The van der Waals surface area contributed by atoms with Crippen LogP contribution in [0.3, 0.4) is 0 Å². The van der Waals surface area contributed by atoms with Gasteiger partial charge in [-0.25, -0.2) is 0 Å². The topological polar surface area (TPSA) is 107 Å². The summed E-state index contributed by atoms with van der Waals surface area (Å²) in [6.07, 6.45) is 3.12. The van der Waals surface area contributed by atoms with Crippen LogP contribution < -0.4 is 10.6 Å². The number of anilines is 1. The lowest BCUT2D eigenvalue weighted by molar-refractivity contribution is -0.147. The van der Waals surface area contributed by atoms with Crippen molar-refractivity contribution < 1.29 is 19.9 Å². The molecule has 0 unspecified atom stereocenters. The smallest absolute Gasteiger partial charge is 0.451 e. The van der Waals surface area contributed by atoms with Crippen LogP contribution in [-0.4, -0.2) is 46.9 Å². The molecule has 0 bridgehead atoms. The van der Waals surface area contributed by atoms with Gasteiger partial charge in [0.25, 0.3) is 0 Å². The first-order valence-electron chi connectivity index (χ1n) is 10.7. The van der Waals surface area contributed by atoms with Crippen molar-refractivity contribution in [1.82, 2.24) is 0 Å². The normalized spacial score (nSPS) is 19.9. The lowest BCUT2D eigenvalue weighted by atomic mass is 9.65. The van der Waals surface area contributed by atoms with E-state index in [2.05, 4.69) is 29.2 Å². The molecule has 8 heteroatoms. The molecule has 5 N–H and O–H groups in total. The molecule has 0 aromatic heterocycles. The minimum Gasteiger partial charge on any atom is -0.480 e. The van der Waals surface area contributed by atoms with Crippen molar-refractivity contribution in [3.63, 3.8) is 0 Å². The first kappa shape index (κ1) is 23.6. The number of unbranched alkanes of at least 4 members (excludes halogenated alkanes) is 1. The summed E-state index contributed by atoms with van der Waals surface area (Å²) in [6, 6.07) is 16.3. The molecule has 0 saturated heterocycles. The van der Waals surface area contributed by atoms with E-state index in [4.69, 9.17) is 27.4 Å². The zero-order valence-corrected chi connectivity index (χ0v) is 18.5. The van der Waals surface area contributed by atoms with E-state index in [0.717, 1.165) is 29.7 Å². The monoisotopic (exact) mass is 444 g/mol. The van der Waals surface area contributed by atoms with Crippen LogP contribution in [0.25, 0.3) is 11.1 Å². The summed E-state index contributed by atoms with van der Waals surface area (Å²) >= 11 is 5.96. The van der Waals surface area contributed by atoms with E-state index < -0.39 is 18.6 Å².